The third kappa shape index (κ3) is 7.19. The number of benzene rings is 2. The van der Waals surface area contributed by atoms with Gasteiger partial charge >= 0.3 is 0 Å². The van der Waals surface area contributed by atoms with Crippen molar-refractivity contribution in [3.05, 3.63) is 41.5 Å². The molecule has 7 heteroatoms. The lowest BCUT2D eigenvalue weighted by Gasteiger charge is -2.37. The first kappa shape index (κ1) is 28.1. The standard InChI is InChI=1S/C28H40N2O5/c1-9-22(30(4)15-13-20-10-11-23(31-5)24(16-20)32-6)27(19(2)3)35-26-18-21(12-14-29)17-25(33-7)28(26)34-8/h10-11,16-19,22,27H,9,12-13,15H2,1-8H3. The van der Waals surface area contributed by atoms with Gasteiger partial charge in [0.2, 0.25) is 5.75 Å². The van der Waals surface area contributed by atoms with E-state index in [0.29, 0.717) is 17.2 Å². The van der Waals surface area contributed by atoms with Crippen LogP contribution in [0.15, 0.2) is 30.3 Å². The molecule has 0 amide bonds. The first-order valence-corrected chi connectivity index (χ1v) is 12.0. The fourth-order valence-electron chi connectivity index (χ4n) is 4.37. The highest BCUT2D eigenvalue weighted by Gasteiger charge is 2.30. The third-order valence-corrected chi connectivity index (χ3v) is 6.27. The fraction of sp³-hybridized carbons (Fsp3) is 0.536. The minimum absolute atomic E-state index is 0.0913. The minimum Gasteiger partial charge on any atom is -0.493 e. The lowest BCUT2D eigenvalue weighted by atomic mass is 9.95. The zero-order chi connectivity index (χ0) is 26.0. The fourth-order valence-corrected chi connectivity index (χ4v) is 4.37. The van der Waals surface area contributed by atoms with Crippen LogP contribution in [0, 0.1) is 17.2 Å². The number of nitrogens with zero attached hydrogens (tertiary/aromatic N) is 2. The first-order valence-electron chi connectivity index (χ1n) is 12.0. The van der Waals surface area contributed by atoms with Gasteiger partial charge in [-0.3, -0.25) is 4.90 Å². The van der Waals surface area contributed by atoms with Crippen molar-refractivity contribution in [2.24, 2.45) is 5.92 Å². The SMILES string of the molecule is CCC(C(Oc1cc(CC#N)cc(OC)c1OC)C(C)C)N(C)CCc1ccc(OC)c(OC)c1. The van der Waals surface area contributed by atoms with Crippen LogP contribution in [-0.4, -0.2) is 59.1 Å². The van der Waals surface area contributed by atoms with Crippen LogP contribution in [0.25, 0.3) is 0 Å². The van der Waals surface area contributed by atoms with Crippen molar-refractivity contribution >= 4 is 0 Å². The number of ether oxygens (including phenoxy) is 5. The number of hydrogen-bond donors (Lipinski definition) is 0. The smallest absolute Gasteiger partial charge is 0.203 e. The Morgan fingerprint density at radius 3 is 2.03 bits per heavy atom. The van der Waals surface area contributed by atoms with E-state index < -0.39 is 0 Å². The normalized spacial score (nSPS) is 12.7. The van der Waals surface area contributed by atoms with Crippen molar-refractivity contribution in [1.29, 1.82) is 5.26 Å². The second-order valence-electron chi connectivity index (χ2n) is 8.89. The zero-order valence-electron chi connectivity index (χ0n) is 22.4. The molecule has 0 aliphatic heterocycles. The van der Waals surface area contributed by atoms with Crippen molar-refractivity contribution in [3.63, 3.8) is 0 Å². The monoisotopic (exact) mass is 484 g/mol. The summed E-state index contributed by atoms with van der Waals surface area (Å²) in [5.74, 6) is 3.42. The summed E-state index contributed by atoms with van der Waals surface area (Å²) in [6.45, 7) is 7.37. The van der Waals surface area contributed by atoms with Crippen LogP contribution < -0.4 is 23.7 Å². The van der Waals surface area contributed by atoms with Gasteiger partial charge < -0.3 is 23.7 Å². The number of methoxy groups -OCH3 is 4. The van der Waals surface area contributed by atoms with E-state index in [-0.39, 0.29) is 24.5 Å². The summed E-state index contributed by atoms with van der Waals surface area (Å²) in [5, 5.41) is 9.20. The van der Waals surface area contributed by atoms with Gasteiger partial charge in [0.05, 0.1) is 40.9 Å². The Kier molecular flexibility index (Phi) is 11.0. The van der Waals surface area contributed by atoms with Gasteiger partial charge in [-0.05, 0) is 61.2 Å². The quantitative estimate of drug-likeness (QED) is 0.367. The van der Waals surface area contributed by atoms with Gasteiger partial charge in [-0.25, -0.2) is 0 Å². The topological polar surface area (TPSA) is 73.2 Å². The maximum absolute atomic E-state index is 9.20. The molecule has 2 aromatic rings. The molecule has 0 spiro atoms. The van der Waals surface area contributed by atoms with Gasteiger partial charge in [-0.2, -0.15) is 5.26 Å². The summed E-state index contributed by atoms with van der Waals surface area (Å²) in [5.41, 5.74) is 2.01. The van der Waals surface area contributed by atoms with Crippen molar-refractivity contribution in [3.8, 4) is 34.8 Å². The highest BCUT2D eigenvalue weighted by Crippen LogP contribution is 2.40. The van der Waals surface area contributed by atoms with Gasteiger partial charge in [-0.1, -0.05) is 26.8 Å². The highest BCUT2D eigenvalue weighted by atomic mass is 16.5. The van der Waals surface area contributed by atoms with Gasteiger partial charge in [0, 0.05) is 12.6 Å². The molecule has 0 radical (unpaired) electrons. The van der Waals surface area contributed by atoms with Crippen LogP contribution in [-0.2, 0) is 12.8 Å². The molecule has 7 nitrogen and oxygen atoms in total. The van der Waals surface area contributed by atoms with Crippen LogP contribution >= 0.6 is 0 Å². The average Bonchev–Trinajstić information content (AvgIpc) is 2.86. The summed E-state index contributed by atoms with van der Waals surface area (Å²) in [4.78, 5) is 2.35. The lowest BCUT2D eigenvalue weighted by Crippen LogP contribution is -2.47. The molecular formula is C28H40N2O5. The van der Waals surface area contributed by atoms with E-state index in [1.54, 1.807) is 28.4 Å². The molecule has 35 heavy (non-hydrogen) atoms. The first-order chi connectivity index (χ1) is 16.8. The van der Waals surface area contributed by atoms with Crippen LogP contribution in [0.4, 0.5) is 0 Å². The molecule has 0 saturated carbocycles. The molecule has 0 N–H and O–H groups in total. The summed E-state index contributed by atoms with van der Waals surface area (Å²) in [6.07, 6.45) is 1.97. The largest absolute Gasteiger partial charge is 0.493 e. The van der Waals surface area contributed by atoms with Crippen LogP contribution in [0.3, 0.4) is 0 Å². The van der Waals surface area contributed by atoms with E-state index in [1.807, 2.05) is 24.3 Å². The van der Waals surface area contributed by atoms with E-state index in [2.05, 4.69) is 44.9 Å². The summed E-state index contributed by atoms with van der Waals surface area (Å²) in [7, 11) is 8.63. The Labute approximate surface area is 210 Å². The van der Waals surface area contributed by atoms with Crippen molar-refractivity contribution in [1.82, 2.24) is 4.90 Å². The van der Waals surface area contributed by atoms with Crippen molar-refractivity contribution < 1.29 is 23.7 Å². The summed E-state index contributed by atoms with van der Waals surface area (Å²) in [6, 6.07) is 12.1. The molecule has 0 aromatic heterocycles. The van der Waals surface area contributed by atoms with Gasteiger partial charge in [0.15, 0.2) is 23.0 Å². The molecule has 2 rings (SSSR count). The summed E-state index contributed by atoms with van der Waals surface area (Å²) >= 11 is 0. The van der Waals surface area contributed by atoms with Crippen molar-refractivity contribution in [2.45, 2.75) is 52.2 Å². The number of likely N-dealkylation sites (N-methyl/N-ethyl adjacent to an activating group) is 1. The van der Waals surface area contributed by atoms with E-state index in [9.17, 15) is 5.26 Å². The van der Waals surface area contributed by atoms with Crippen LogP contribution in [0.1, 0.15) is 38.3 Å². The molecule has 2 unspecified atom stereocenters. The number of hydrogen-bond acceptors (Lipinski definition) is 7. The Balaban J connectivity index is 2.26. The van der Waals surface area contributed by atoms with Crippen LogP contribution in [0.5, 0.6) is 28.7 Å². The molecule has 0 heterocycles. The minimum atomic E-state index is -0.0913. The maximum atomic E-state index is 9.20. The summed E-state index contributed by atoms with van der Waals surface area (Å²) < 4.78 is 28.6. The molecule has 0 bridgehead atoms. The Morgan fingerprint density at radius 2 is 1.49 bits per heavy atom. The molecule has 0 aliphatic rings. The maximum Gasteiger partial charge on any atom is 0.203 e. The molecule has 192 valence electrons. The third-order valence-electron chi connectivity index (χ3n) is 6.27. The molecule has 2 atom stereocenters. The highest BCUT2D eigenvalue weighted by molar-refractivity contribution is 5.54. The second-order valence-corrected chi connectivity index (χ2v) is 8.89. The Bertz CT molecular complexity index is 986. The van der Waals surface area contributed by atoms with Gasteiger partial charge in [0.1, 0.15) is 6.10 Å². The van der Waals surface area contributed by atoms with E-state index >= 15 is 0 Å². The molecule has 0 fully saturated rings. The van der Waals surface area contributed by atoms with E-state index in [4.69, 9.17) is 23.7 Å². The Hall–Kier alpha value is -3.11. The average molecular weight is 485 g/mol. The predicted octanol–water partition coefficient (Wildman–Crippen LogP) is 5.14. The lowest BCUT2D eigenvalue weighted by molar-refractivity contribution is 0.0459. The predicted molar refractivity (Wildman–Crippen MR) is 138 cm³/mol. The molecule has 2 aromatic carbocycles. The number of nitriles is 1. The second kappa shape index (κ2) is 13.7. The molecule has 0 aliphatic carbocycles. The van der Waals surface area contributed by atoms with Crippen LogP contribution in [0.2, 0.25) is 0 Å². The number of rotatable bonds is 14. The molecular weight excluding hydrogens is 444 g/mol. The van der Waals surface area contributed by atoms with Gasteiger partial charge in [-0.15, -0.1) is 0 Å². The zero-order valence-corrected chi connectivity index (χ0v) is 22.4. The Morgan fingerprint density at radius 1 is 0.857 bits per heavy atom. The molecule has 0 saturated heterocycles. The van der Waals surface area contributed by atoms with E-state index in [0.717, 1.165) is 36.4 Å². The van der Waals surface area contributed by atoms with E-state index in [1.165, 1.54) is 5.56 Å². The van der Waals surface area contributed by atoms with Gasteiger partial charge in [0.25, 0.3) is 0 Å². The van der Waals surface area contributed by atoms with Crippen molar-refractivity contribution in [2.75, 3.05) is 42.0 Å².